The number of anilines is 1. The minimum atomic E-state index is -0.997. The lowest BCUT2D eigenvalue weighted by atomic mass is 10.0. The molecule has 150 valence electrons. The zero-order valence-electron chi connectivity index (χ0n) is 15.6. The lowest BCUT2D eigenvalue weighted by molar-refractivity contribution is -0.115. The van der Waals surface area contributed by atoms with Crippen LogP contribution in [0.1, 0.15) is 15.9 Å². The lowest BCUT2D eigenvalue weighted by Crippen LogP contribution is -2.14. The molecule has 0 bridgehead atoms. The van der Waals surface area contributed by atoms with E-state index >= 15 is 0 Å². The summed E-state index contributed by atoms with van der Waals surface area (Å²) in [6.07, 6.45) is -0.102. The van der Waals surface area contributed by atoms with Gasteiger partial charge in [0.25, 0.3) is 0 Å². The third kappa shape index (κ3) is 3.88. The van der Waals surface area contributed by atoms with Crippen molar-refractivity contribution in [1.82, 2.24) is 10.2 Å². The van der Waals surface area contributed by atoms with Crippen LogP contribution in [0.15, 0.2) is 60.7 Å². The molecule has 1 heterocycles. The minimum Gasteiger partial charge on any atom is -0.366 e. The highest BCUT2D eigenvalue weighted by Gasteiger charge is 2.12. The van der Waals surface area contributed by atoms with Gasteiger partial charge < -0.3 is 11.1 Å². The van der Waals surface area contributed by atoms with Gasteiger partial charge in [-0.15, -0.1) is 0 Å². The average molecular weight is 406 g/mol. The van der Waals surface area contributed by atoms with Gasteiger partial charge in [-0.2, -0.15) is 5.10 Å². The van der Waals surface area contributed by atoms with Gasteiger partial charge in [0.2, 0.25) is 11.8 Å². The van der Waals surface area contributed by atoms with Gasteiger partial charge in [0.1, 0.15) is 0 Å². The summed E-state index contributed by atoms with van der Waals surface area (Å²) in [5.41, 5.74) is 8.66. The van der Waals surface area contributed by atoms with Crippen molar-refractivity contribution in [3.8, 4) is 11.3 Å². The number of carbonyl (C=O) groups is 2. The number of nitrogens with zero attached hydrogens (tertiary/aromatic N) is 1. The molecule has 0 fully saturated rings. The number of hydrogen-bond donors (Lipinski definition) is 3. The van der Waals surface area contributed by atoms with Crippen LogP contribution >= 0.6 is 0 Å². The van der Waals surface area contributed by atoms with Gasteiger partial charge in [-0.1, -0.05) is 18.2 Å². The maximum Gasteiger partial charge on any atom is 0.248 e. The normalized spacial score (nSPS) is 10.9. The van der Waals surface area contributed by atoms with Crippen LogP contribution in [0.5, 0.6) is 0 Å². The van der Waals surface area contributed by atoms with Gasteiger partial charge in [0, 0.05) is 22.2 Å². The van der Waals surface area contributed by atoms with E-state index in [4.69, 9.17) is 5.73 Å². The molecule has 2 amide bonds. The topological polar surface area (TPSA) is 101 Å². The zero-order chi connectivity index (χ0) is 21.3. The number of H-pyrrole nitrogens is 1. The molecule has 3 aromatic carbocycles. The summed E-state index contributed by atoms with van der Waals surface area (Å²) in [5, 5.41) is 10.7. The van der Waals surface area contributed by atoms with Crippen LogP contribution in [-0.2, 0) is 11.2 Å². The number of rotatable bonds is 5. The Morgan fingerprint density at radius 3 is 2.60 bits per heavy atom. The van der Waals surface area contributed by atoms with Crippen LogP contribution in [-0.4, -0.2) is 22.0 Å². The van der Waals surface area contributed by atoms with Gasteiger partial charge >= 0.3 is 0 Å². The molecule has 4 rings (SSSR count). The molecule has 0 saturated heterocycles. The molecule has 8 heteroatoms. The fourth-order valence-corrected chi connectivity index (χ4v) is 3.17. The number of nitrogens with two attached hydrogens (primary N) is 1. The van der Waals surface area contributed by atoms with Crippen LogP contribution in [0, 0.1) is 11.6 Å². The van der Waals surface area contributed by atoms with E-state index in [1.165, 1.54) is 6.07 Å². The smallest absolute Gasteiger partial charge is 0.248 e. The Morgan fingerprint density at radius 1 is 1.00 bits per heavy atom. The van der Waals surface area contributed by atoms with E-state index < -0.39 is 17.5 Å². The van der Waals surface area contributed by atoms with E-state index in [1.54, 1.807) is 36.4 Å². The zero-order valence-corrected chi connectivity index (χ0v) is 15.6. The number of hydrogen-bond acceptors (Lipinski definition) is 3. The molecule has 0 aliphatic carbocycles. The summed E-state index contributed by atoms with van der Waals surface area (Å²) in [5.74, 6) is -2.87. The standard InChI is InChI=1S/C22H16F2N4O2/c23-17-6-4-12(8-18(17)24)9-20(29)26-15-3-1-2-13(10-15)21-16-11-14(22(25)30)5-7-19(16)27-28-21/h1-8,10-11H,9H2,(H2,25,30)(H,26,29)(H,27,28). The van der Waals surface area contributed by atoms with Crippen molar-refractivity contribution in [3.63, 3.8) is 0 Å². The van der Waals surface area contributed by atoms with E-state index in [2.05, 4.69) is 15.5 Å². The van der Waals surface area contributed by atoms with E-state index in [-0.39, 0.29) is 12.3 Å². The number of nitrogens with one attached hydrogen (secondary N) is 2. The van der Waals surface area contributed by atoms with E-state index in [9.17, 15) is 18.4 Å². The first-order chi connectivity index (χ1) is 14.4. The van der Waals surface area contributed by atoms with Gasteiger partial charge in [0.15, 0.2) is 11.6 Å². The fraction of sp³-hybridized carbons (Fsp3) is 0.0455. The summed E-state index contributed by atoms with van der Waals surface area (Å²) in [4.78, 5) is 23.8. The van der Waals surface area contributed by atoms with Crippen LogP contribution in [0.25, 0.3) is 22.2 Å². The van der Waals surface area contributed by atoms with E-state index in [1.807, 2.05) is 6.07 Å². The molecule has 0 saturated carbocycles. The molecular weight excluding hydrogens is 390 g/mol. The molecule has 6 nitrogen and oxygen atoms in total. The van der Waals surface area contributed by atoms with Crippen molar-refractivity contribution >= 4 is 28.4 Å². The van der Waals surface area contributed by atoms with Crippen molar-refractivity contribution < 1.29 is 18.4 Å². The number of aromatic nitrogens is 2. The summed E-state index contributed by atoms with van der Waals surface area (Å²) in [6, 6.07) is 15.3. The number of amides is 2. The third-order valence-electron chi connectivity index (χ3n) is 4.62. The molecule has 0 radical (unpaired) electrons. The highest BCUT2D eigenvalue weighted by molar-refractivity contribution is 6.01. The maximum absolute atomic E-state index is 13.3. The van der Waals surface area contributed by atoms with Crippen molar-refractivity contribution in [2.45, 2.75) is 6.42 Å². The first-order valence-corrected chi connectivity index (χ1v) is 9.03. The Balaban J connectivity index is 1.57. The molecule has 0 atom stereocenters. The molecule has 0 aliphatic rings. The van der Waals surface area contributed by atoms with Gasteiger partial charge in [-0.05, 0) is 48.0 Å². The van der Waals surface area contributed by atoms with Gasteiger partial charge in [0.05, 0.1) is 17.6 Å². The second kappa shape index (κ2) is 7.75. The first-order valence-electron chi connectivity index (χ1n) is 9.03. The monoisotopic (exact) mass is 406 g/mol. The number of aromatic amines is 1. The van der Waals surface area contributed by atoms with E-state index in [0.29, 0.717) is 28.1 Å². The molecule has 0 spiro atoms. The highest BCUT2D eigenvalue weighted by Crippen LogP contribution is 2.28. The summed E-state index contributed by atoms with van der Waals surface area (Å²) in [7, 11) is 0. The van der Waals surface area contributed by atoms with E-state index in [0.717, 1.165) is 23.0 Å². The quantitative estimate of drug-likeness (QED) is 0.470. The average Bonchev–Trinajstić information content (AvgIpc) is 3.14. The molecule has 4 aromatic rings. The molecule has 4 N–H and O–H groups in total. The summed E-state index contributed by atoms with van der Waals surface area (Å²) >= 11 is 0. The SMILES string of the molecule is NC(=O)c1ccc2[nH]nc(-c3cccc(NC(=O)Cc4ccc(F)c(F)c4)c3)c2c1. The van der Waals surface area contributed by atoms with Gasteiger partial charge in [-0.25, -0.2) is 8.78 Å². The Bertz CT molecular complexity index is 1280. The Hall–Kier alpha value is -4.07. The molecule has 1 aromatic heterocycles. The van der Waals surface area contributed by atoms with Crippen LogP contribution in [0.4, 0.5) is 14.5 Å². The number of halogens is 2. The Morgan fingerprint density at radius 2 is 1.83 bits per heavy atom. The predicted molar refractivity (Wildman–Crippen MR) is 109 cm³/mol. The maximum atomic E-state index is 13.3. The van der Waals surface area contributed by atoms with Crippen LogP contribution < -0.4 is 11.1 Å². The predicted octanol–water partition coefficient (Wildman–Crippen LogP) is 3.79. The summed E-state index contributed by atoms with van der Waals surface area (Å²) in [6.45, 7) is 0. The molecule has 30 heavy (non-hydrogen) atoms. The van der Waals surface area contributed by atoms with Crippen molar-refractivity contribution in [3.05, 3.63) is 83.4 Å². The van der Waals surface area contributed by atoms with Crippen LogP contribution in [0.3, 0.4) is 0 Å². The van der Waals surface area contributed by atoms with Crippen molar-refractivity contribution in [2.75, 3.05) is 5.32 Å². The first kappa shape index (κ1) is 19.3. The van der Waals surface area contributed by atoms with Gasteiger partial charge in [-0.3, -0.25) is 14.7 Å². The number of primary amides is 1. The second-order valence-electron chi connectivity index (χ2n) is 6.75. The molecule has 0 aliphatic heterocycles. The Labute approximate surface area is 169 Å². The molecular formula is C22H16F2N4O2. The lowest BCUT2D eigenvalue weighted by Gasteiger charge is -2.07. The largest absolute Gasteiger partial charge is 0.366 e. The molecule has 0 unspecified atom stereocenters. The Kier molecular flexibility index (Phi) is 4.97. The van der Waals surface area contributed by atoms with Crippen molar-refractivity contribution in [1.29, 1.82) is 0 Å². The fourth-order valence-electron chi connectivity index (χ4n) is 3.17. The minimum absolute atomic E-state index is 0.102. The third-order valence-corrected chi connectivity index (χ3v) is 4.62. The number of fused-ring (bicyclic) bond motifs is 1. The highest BCUT2D eigenvalue weighted by atomic mass is 19.2. The van der Waals surface area contributed by atoms with Crippen molar-refractivity contribution in [2.24, 2.45) is 5.73 Å². The van der Waals surface area contributed by atoms with Crippen LogP contribution in [0.2, 0.25) is 0 Å². The number of benzene rings is 3. The second-order valence-corrected chi connectivity index (χ2v) is 6.75. The number of carbonyl (C=O) groups excluding carboxylic acids is 2. The summed E-state index contributed by atoms with van der Waals surface area (Å²) < 4.78 is 26.4.